The van der Waals surface area contributed by atoms with E-state index in [1.54, 1.807) is 34.9 Å². The molecule has 0 saturated heterocycles. The maximum absolute atomic E-state index is 12.8. The first kappa shape index (κ1) is 21.0. The monoisotopic (exact) mass is 415 g/mol. The summed E-state index contributed by atoms with van der Waals surface area (Å²) in [5, 5.41) is 0.410. The molecule has 6 nitrogen and oxygen atoms in total. The molecule has 1 aliphatic rings. The Hall–Kier alpha value is -2.67. The van der Waals surface area contributed by atoms with Crippen molar-refractivity contribution in [3.05, 3.63) is 48.0 Å². The molecule has 1 heterocycles. The van der Waals surface area contributed by atoms with E-state index >= 15 is 0 Å². The highest BCUT2D eigenvalue weighted by atomic mass is 32.2. The van der Waals surface area contributed by atoms with Gasteiger partial charge in [-0.25, -0.2) is 4.79 Å². The molecule has 154 valence electrons. The van der Waals surface area contributed by atoms with Crippen molar-refractivity contribution < 1.29 is 23.8 Å². The second kappa shape index (κ2) is 9.69. The standard InChI is InChI=1S/C22H25NO5S/c1-4-27-18-10-9-16(13-19(18)26-3)22(25)28-14-21(24)23-12-11-15(2)29-20-8-6-5-7-17(20)23/h5-10,13,15H,4,11-12,14H2,1-3H3. The summed E-state index contributed by atoms with van der Waals surface area (Å²) in [5.74, 6) is 0.180. The number of hydrogen-bond acceptors (Lipinski definition) is 6. The van der Waals surface area contributed by atoms with E-state index in [1.807, 2.05) is 31.2 Å². The number of rotatable bonds is 6. The molecule has 3 rings (SSSR count). The van der Waals surface area contributed by atoms with Gasteiger partial charge < -0.3 is 19.1 Å². The molecule has 29 heavy (non-hydrogen) atoms. The van der Waals surface area contributed by atoms with Crippen molar-refractivity contribution >= 4 is 29.3 Å². The fourth-order valence-corrected chi connectivity index (χ4v) is 4.22. The Labute approximate surface area is 175 Å². The van der Waals surface area contributed by atoms with Gasteiger partial charge in [0.1, 0.15) is 0 Å². The number of anilines is 1. The Morgan fingerprint density at radius 1 is 1.17 bits per heavy atom. The molecule has 0 radical (unpaired) electrons. The first-order valence-corrected chi connectivity index (χ1v) is 10.5. The zero-order valence-electron chi connectivity index (χ0n) is 16.8. The van der Waals surface area contributed by atoms with Crippen LogP contribution in [0.2, 0.25) is 0 Å². The zero-order chi connectivity index (χ0) is 20.8. The predicted molar refractivity (Wildman–Crippen MR) is 113 cm³/mol. The van der Waals surface area contributed by atoms with Crippen LogP contribution >= 0.6 is 11.8 Å². The number of para-hydroxylation sites is 1. The van der Waals surface area contributed by atoms with Gasteiger partial charge in [-0.2, -0.15) is 0 Å². The summed E-state index contributed by atoms with van der Waals surface area (Å²) in [6.45, 7) is 4.78. The molecular weight excluding hydrogens is 390 g/mol. The van der Waals surface area contributed by atoms with Crippen molar-refractivity contribution in [1.82, 2.24) is 0 Å². The molecule has 0 bridgehead atoms. The molecule has 0 saturated carbocycles. The van der Waals surface area contributed by atoms with Crippen LogP contribution in [0.4, 0.5) is 5.69 Å². The van der Waals surface area contributed by atoms with Gasteiger partial charge in [0.15, 0.2) is 18.1 Å². The molecule has 0 N–H and O–H groups in total. The van der Waals surface area contributed by atoms with Crippen molar-refractivity contribution in [3.63, 3.8) is 0 Å². The number of carbonyl (C=O) groups is 2. The number of amides is 1. The lowest BCUT2D eigenvalue weighted by Crippen LogP contribution is -2.35. The van der Waals surface area contributed by atoms with E-state index in [2.05, 4.69) is 6.92 Å². The summed E-state index contributed by atoms with van der Waals surface area (Å²) in [7, 11) is 1.51. The van der Waals surface area contributed by atoms with Gasteiger partial charge >= 0.3 is 5.97 Å². The van der Waals surface area contributed by atoms with Crippen LogP contribution < -0.4 is 14.4 Å². The van der Waals surface area contributed by atoms with Crippen molar-refractivity contribution in [1.29, 1.82) is 0 Å². The fourth-order valence-electron chi connectivity index (χ4n) is 3.10. The lowest BCUT2D eigenvalue weighted by atomic mass is 10.2. The fraction of sp³-hybridized carbons (Fsp3) is 0.364. The van der Waals surface area contributed by atoms with Crippen LogP contribution in [-0.2, 0) is 9.53 Å². The van der Waals surface area contributed by atoms with E-state index in [0.29, 0.717) is 35.5 Å². The van der Waals surface area contributed by atoms with E-state index in [4.69, 9.17) is 14.2 Å². The first-order chi connectivity index (χ1) is 14.0. The second-order valence-corrected chi connectivity index (χ2v) is 8.09. The third-order valence-electron chi connectivity index (χ3n) is 4.57. The Balaban J connectivity index is 1.68. The van der Waals surface area contributed by atoms with E-state index in [9.17, 15) is 9.59 Å². The van der Waals surface area contributed by atoms with Crippen molar-refractivity contribution in [2.45, 2.75) is 30.4 Å². The van der Waals surface area contributed by atoms with Gasteiger partial charge in [-0.3, -0.25) is 4.79 Å². The molecule has 2 aromatic carbocycles. The Bertz CT molecular complexity index is 885. The number of benzene rings is 2. The van der Waals surface area contributed by atoms with Gasteiger partial charge in [-0.05, 0) is 43.7 Å². The van der Waals surface area contributed by atoms with Gasteiger partial charge in [0.2, 0.25) is 0 Å². The average molecular weight is 416 g/mol. The van der Waals surface area contributed by atoms with Crippen molar-refractivity contribution in [2.75, 3.05) is 31.8 Å². The van der Waals surface area contributed by atoms with Gasteiger partial charge in [-0.1, -0.05) is 19.1 Å². The molecule has 1 amide bonds. The van der Waals surface area contributed by atoms with Crippen LogP contribution in [-0.4, -0.2) is 44.0 Å². The summed E-state index contributed by atoms with van der Waals surface area (Å²) < 4.78 is 16.0. The first-order valence-electron chi connectivity index (χ1n) is 9.57. The van der Waals surface area contributed by atoms with E-state index in [-0.39, 0.29) is 12.5 Å². The van der Waals surface area contributed by atoms with E-state index in [1.165, 1.54) is 7.11 Å². The topological polar surface area (TPSA) is 65.1 Å². The van der Waals surface area contributed by atoms with Crippen LogP contribution in [0, 0.1) is 0 Å². The quantitative estimate of drug-likeness (QED) is 0.660. The maximum atomic E-state index is 12.8. The minimum absolute atomic E-state index is 0.238. The molecule has 1 atom stereocenters. The molecule has 0 spiro atoms. The third kappa shape index (κ3) is 5.03. The molecule has 0 fully saturated rings. The third-order valence-corrected chi connectivity index (χ3v) is 5.81. The minimum atomic E-state index is -0.578. The Morgan fingerprint density at radius 3 is 2.72 bits per heavy atom. The van der Waals surface area contributed by atoms with Gasteiger partial charge in [-0.15, -0.1) is 11.8 Å². The lowest BCUT2D eigenvalue weighted by Gasteiger charge is -2.22. The summed E-state index contributed by atoms with van der Waals surface area (Å²) in [6.07, 6.45) is 0.870. The maximum Gasteiger partial charge on any atom is 0.338 e. The predicted octanol–water partition coefficient (Wildman–Crippen LogP) is 4.17. The van der Waals surface area contributed by atoms with Gasteiger partial charge in [0, 0.05) is 16.7 Å². The second-order valence-electron chi connectivity index (χ2n) is 6.61. The van der Waals surface area contributed by atoms with Crippen LogP contribution in [0.1, 0.15) is 30.6 Å². The number of methoxy groups -OCH3 is 1. The number of esters is 1. The smallest absolute Gasteiger partial charge is 0.338 e. The van der Waals surface area contributed by atoms with Crippen molar-refractivity contribution in [3.8, 4) is 11.5 Å². The number of hydrogen-bond donors (Lipinski definition) is 0. The molecule has 0 aromatic heterocycles. The van der Waals surface area contributed by atoms with Crippen LogP contribution in [0.15, 0.2) is 47.4 Å². The number of thioether (sulfide) groups is 1. The number of carbonyl (C=O) groups excluding carboxylic acids is 2. The molecule has 1 aliphatic heterocycles. The lowest BCUT2D eigenvalue weighted by molar-refractivity contribution is -0.121. The molecule has 2 aromatic rings. The van der Waals surface area contributed by atoms with Crippen LogP contribution in [0.3, 0.4) is 0 Å². The summed E-state index contributed by atoms with van der Waals surface area (Å²) in [5.41, 5.74) is 1.17. The summed E-state index contributed by atoms with van der Waals surface area (Å²) >= 11 is 1.76. The highest BCUT2D eigenvalue weighted by molar-refractivity contribution is 8.00. The molecule has 1 unspecified atom stereocenters. The summed E-state index contributed by atoms with van der Waals surface area (Å²) in [6, 6.07) is 12.6. The number of ether oxygens (including phenoxy) is 3. The van der Waals surface area contributed by atoms with E-state index in [0.717, 1.165) is 17.0 Å². The van der Waals surface area contributed by atoms with Crippen LogP contribution in [0.5, 0.6) is 11.5 Å². The van der Waals surface area contributed by atoms with Gasteiger partial charge in [0.25, 0.3) is 5.91 Å². The molecular formula is C22H25NO5S. The zero-order valence-corrected chi connectivity index (χ0v) is 17.7. The Morgan fingerprint density at radius 2 is 1.97 bits per heavy atom. The average Bonchev–Trinajstić information content (AvgIpc) is 2.90. The minimum Gasteiger partial charge on any atom is -0.493 e. The normalized spacial score (nSPS) is 15.8. The molecule has 7 heteroatoms. The summed E-state index contributed by atoms with van der Waals surface area (Å²) in [4.78, 5) is 28.0. The van der Waals surface area contributed by atoms with Gasteiger partial charge in [0.05, 0.1) is 25.0 Å². The van der Waals surface area contributed by atoms with Crippen LogP contribution in [0.25, 0.3) is 0 Å². The van der Waals surface area contributed by atoms with Crippen molar-refractivity contribution in [2.24, 2.45) is 0 Å². The Kier molecular flexibility index (Phi) is 7.04. The highest BCUT2D eigenvalue weighted by Crippen LogP contribution is 2.37. The SMILES string of the molecule is CCOc1ccc(C(=O)OCC(=O)N2CCC(C)Sc3ccccc32)cc1OC. The highest BCUT2D eigenvalue weighted by Gasteiger charge is 2.25. The largest absolute Gasteiger partial charge is 0.493 e. The molecule has 0 aliphatic carbocycles. The number of nitrogens with zero attached hydrogens (tertiary/aromatic N) is 1. The van der Waals surface area contributed by atoms with E-state index < -0.39 is 5.97 Å². The number of fused-ring (bicyclic) bond motifs is 1.